The second kappa shape index (κ2) is 5.92. The van der Waals surface area contributed by atoms with E-state index < -0.39 is 0 Å². The maximum atomic E-state index is 3.62. The third-order valence-electron chi connectivity index (χ3n) is 5.36. The quantitative estimate of drug-likeness (QED) is 0.825. The molecular formula is C16H32N2. The first-order chi connectivity index (χ1) is 8.52. The molecule has 18 heavy (non-hydrogen) atoms. The summed E-state index contributed by atoms with van der Waals surface area (Å²) in [7, 11) is 2.38. The van der Waals surface area contributed by atoms with Gasteiger partial charge in [0.1, 0.15) is 0 Å². The molecule has 2 saturated carbocycles. The van der Waals surface area contributed by atoms with Gasteiger partial charge in [-0.2, -0.15) is 0 Å². The molecule has 2 aliphatic rings. The van der Waals surface area contributed by atoms with Crippen molar-refractivity contribution in [1.82, 2.24) is 10.2 Å². The number of hydrogen-bond donors (Lipinski definition) is 1. The number of rotatable bonds is 4. The lowest BCUT2D eigenvalue weighted by Crippen LogP contribution is -2.43. The molecule has 0 saturated heterocycles. The first-order valence-electron chi connectivity index (χ1n) is 7.97. The molecule has 0 amide bonds. The Labute approximate surface area is 114 Å². The van der Waals surface area contributed by atoms with Gasteiger partial charge in [-0.1, -0.05) is 20.8 Å². The fraction of sp³-hybridized carbons (Fsp3) is 1.00. The fourth-order valence-corrected chi connectivity index (χ4v) is 3.89. The Morgan fingerprint density at radius 2 is 1.72 bits per heavy atom. The second-order valence-electron chi connectivity index (χ2n) is 7.28. The van der Waals surface area contributed by atoms with Crippen molar-refractivity contribution in [3.63, 3.8) is 0 Å². The SMILES string of the molecule is CCNC1CCC(N(C)C2CCC(C)(C)CC2)C1. The Balaban J connectivity index is 1.80. The lowest BCUT2D eigenvalue weighted by Gasteiger charge is -2.41. The van der Waals surface area contributed by atoms with Gasteiger partial charge >= 0.3 is 0 Å². The van der Waals surface area contributed by atoms with Gasteiger partial charge in [0.15, 0.2) is 0 Å². The van der Waals surface area contributed by atoms with Crippen molar-refractivity contribution >= 4 is 0 Å². The van der Waals surface area contributed by atoms with Crippen LogP contribution in [0, 0.1) is 5.41 Å². The highest BCUT2D eigenvalue weighted by molar-refractivity contribution is 4.90. The van der Waals surface area contributed by atoms with Crippen LogP contribution in [0.2, 0.25) is 0 Å². The van der Waals surface area contributed by atoms with Crippen LogP contribution in [0.25, 0.3) is 0 Å². The predicted octanol–water partition coefficient (Wildman–Crippen LogP) is 3.42. The van der Waals surface area contributed by atoms with Gasteiger partial charge in [0.25, 0.3) is 0 Å². The van der Waals surface area contributed by atoms with Crippen LogP contribution >= 0.6 is 0 Å². The van der Waals surface area contributed by atoms with E-state index in [1.165, 1.54) is 44.9 Å². The average Bonchev–Trinajstić information content (AvgIpc) is 2.77. The first-order valence-corrected chi connectivity index (χ1v) is 7.97. The largest absolute Gasteiger partial charge is 0.314 e. The van der Waals surface area contributed by atoms with E-state index in [2.05, 4.69) is 38.0 Å². The normalized spacial score (nSPS) is 33.2. The molecule has 0 aliphatic heterocycles. The van der Waals surface area contributed by atoms with Crippen molar-refractivity contribution in [2.75, 3.05) is 13.6 Å². The van der Waals surface area contributed by atoms with Crippen LogP contribution < -0.4 is 5.32 Å². The van der Waals surface area contributed by atoms with Crippen molar-refractivity contribution in [3.05, 3.63) is 0 Å². The molecule has 106 valence electrons. The molecule has 2 heteroatoms. The Hall–Kier alpha value is -0.0800. The van der Waals surface area contributed by atoms with Crippen LogP contribution in [0.3, 0.4) is 0 Å². The van der Waals surface area contributed by atoms with Gasteiger partial charge in [-0.05, 0) is 64.0 Å². The molecule has 2 unspecified atom stereocenters. The predicted molar refractivity (Wildman–Crippen MR) is 78.9 cm³/mol. The molecule has 0 aromatic carbocycles. The van der Waals surface area contributed by atoms with E-state index in [4.69, 9.17) is 0 Å². The molecule has 0 aromatic heterocycles. The van der Waals surface area contributed by atoms with E-state index in [0.29, 0.717) is 5.41 Å². The second-order valence-corrected chi connectivity index (χ2v) is 7.28. The molecular weight excluding hydrogens is 220 g/mol. The molecule has 2 aliphatic carbocycles. The van der Waals surface area contributed by atoms with Crippen LogP contribution in [0.4, 0.5) is 0 Å². The summed E-state index contributed by atoms with van der Waals surface area (Å²) >= 11 is 0. The highest BCUT2D eigenvalue weighted by atomic mass is 15.2. The maximum absolute atomic E-state index is 3.62. The molecule has 2 fully saturated rings. The number of nitrogens with zero attached hydrogens (tertiary/aromatic N) is 1. The van der Waals surface area contributed by atoms with Crippen molar-refractivity contribution in [3.8, 4) is 0 Å². The molecule has 0 heterocycles. The number of hydrogen-bond acceptors (Lipinski definition) is 2. The van der Waals surface area contributed by atoms with Crippen molar-refractivity contribution in [2.45, 2.75) is 83.8 Å². The van der Waals surface area contributed by atoms with Crippen LogP contribution in [0.5, 0.6) is 0 Å². The average molecular weight is 252 g/mol. The van der Waals surface area contributed by atoms with Gasteiger partial charge in [0.2, 0.25) is 0 Å². The third kappa shape index (κ3) is 3.48. The maximum Gasteiger partial charge on any atom is 0.0110 e. The van der Waals surface area contributed by atoms with E-state index in [1.54, 1.807) is 0 Å². The van der Waals surface area contributed by atoms with Crippen LogP contribution in [-0.4, -0.2) is 36.6 Å². The summed E-state index contributed by atoms with van der Waals surface area (Å²) in [5.74, 6) is 0. The van der Waals surface area contributed by atoms with Gasteiger partial charge in [-0.15, -0.1) is 0 Å². The molecule has 2 rings (SSSR count). The third-order valence-corrected chi connectivity index (χ3v) is 5.36. The summed E-state index contributed by atoms with van der Waals surface area (Å²) < 4.78 is 0. The summed E-state index contributed by atoms with van der Waals surface area (Å²) in [6.07, 6.45) is 9.77. The smallest absolute Gasteiger partial charge is 0.0110 e. The topological polar surface area (TPSA) is 15.3 Å². The molecule has 0 aromatic rings. The molecule has 2 nitrogen and oxygen atoms in total. The lowest BCUT2D eigenvalue weighted by molar-refractivity contribution is 0.0952. The monoisotopic (exact) mass is 252 g/mol. The minimum Gasteiger partial charge on any atom is -0.314 e. The zero-order chi connectivity index (χ0) is 13.2. The van der Waals surface area contributed by atoms with Crippen molar-refractivity contribution < 1.29 is 0 Å². The van der Waals surface area contributed by atoms with E-state index >= 15 is 0 Å². The van der Waals surface area contributed by atoms with E-state index in [9.17, 15) is 0 Å². The zero-order valence-electron chi connectivity index (χ0n) is 12.8. The van der Waals surface area contributed by atoms with Gasteiger partial charge < -0.3 is 10.2 Å². The Kier molecular flexibility index (Phi) is 4.71. The minimum atomic E-state index is 0.597. The van der Waals surface area contributed by atoms with E-state index in [0.717, 1.165) is 24.7 Å². The minimum absolute atomic E-state index is 0.597. The lowest BCUT2D eigenvalue weighted by atomic mass is 9.75. The summed E-state index contributed by atoms with van der Waals surface area (Å²) in [6, 6.07) is 2.46. The van der Waals surface area contributed by atoms with E-state index in [1.807, 2.05) is 0 Å². The molecule has 0 spiro atoms. The molecule has 2 atom stereocenters. The summed E-state index contributed by atoms with van der Waals surface area (Å²) in [6.45, 7) is 8.21. The summed E-state index contributed by atoms with van der Waals surface area (Å²) in [4.78, 5) is 2.71. The zero-order valence-corrected chi connectivity index (χ0v) is 12.8. The Morgan fingerprint density at radius 1 is 1.06 bits per heavy atom. The fourth-order valence-electron chi connectivity index (χ4n) is 3.89. The van der Waals surface area contributed by atoms with Crippen molar-refractivity contribution in [2.24, 2.45) is 5.41 Å². The highest BCUT2D eigenvalue weighted by Crippen LogP contribution is 2.38. The molecule has 1 N–H and O–H groups in total. The Bertz CT molecular complexity index is 252. The summed E-state index contributed by atoms with van der Waals surface area (Å²) in [5.41, 5.74) is 0.597. The van der Waals surface area contributed by atoms with Gasteiger partial charge in [-0.3, -0.25) is 0 Å². The van der Waals surface area contributed by atoms with Crippen LogP contribution in [0.15, 0.2) is 0 Å². The highest BCUT2D eigenvalue weighted by Gasteiger charge is 2.34. The molecule has 0 radical (unpaired) electrons. The van der Waals surface area contributed by atoms with Crippen LogP contribution in [0.1, 0.15) is 65.7 Å². The standard InChI is InChI=1S/C16H32N2/c1-5-17-13-6-7-15(12-13)18(4)14-8-10-16(2,3)11-9-14/h13-15,17H,5-12H2,1-4H3. The van der Waals surface area contributed by atoms with Crippen LogP contribution in [-0.2, 0) is 0 Å². The van der Waals surface area contributed by atoms with Gasteiger partial charge in [-0.25, -0.2) is 0 Å². The summed E-state index contributed by atoms with van der Waals surface area (Å²) in [5, 5.41) is 3.62. The van der Waals surface area contributed by atoms with E-state index in [-0.39, 0.29) is 0 Å². The van der Waals surface area contributed by atoms with Gasteiger partial charge in [0.05, 0.1) is 0 Å². The van der Waals surface area contributed by atoms with Crippen molar-refractivity contribution in [1.29, 1.82) is 0 Å². The number of nitrogens with one attached hydrogen (secondary N) is 1. The first kappa shape index (κ1) is 14.3. The Morgan fingerprint density at radius 3 is 2.33 bits per heavy atom. The van der Waals surface area contributed by atoms with Gasteiger partial charge in [0, 0.05) is 18.1 Å². The molecule has 0 bridgehead atoms.